The lowest BCUT2D eigenvalue weighted by Gasteiger charge is -2.17. The summed E-state index contributed by atoms with van der Waals surface area (Å²) in [5.41, 5.74) is 4.84. The van der Waals surface area contributed by atoms with Gasteiger partial charge < -0.3 is 10.5 Å². The van der Waals surface area contributed by atoms with Crippen LogP contribution in [-0.2, 0) is 4.74 Å². The second-order valence-electron chi connectivity index (χ2n) is 1.95. The van der Waals surface area contributed by atoms with Gasteiger partial charge in [-0.1, -0.05) is 12.2 Å². The smallest absolute Gasteiger partial charge is 0.393 e. The van der Waals surface area contributed by atoms with Crippen LogP contribution in [0.25, 0.3) is 0 Å². The standard InChI is InChI=1S/C5H8F3NOS/c1-10-2-3(4(9)11)5(6,7)8/h3H,2H2,1H3,(H2,9,11). The molecule has 0 radical (unpaired) electrons. The zero-order chi connectivity index (χ0) is 9.07. The summed E-state index contributed by atoms with van der Waals surface area (Å²) in [5.74, 6) is -1.83. The predicted molar refractivity (Wildman–Crippen MR) is 38.2 cm³/mol. The number of nitrogens with two attached hydrogens (primary N) is 1. The molecule has 0 rings (SSSR count). The highest BCUT2D eigenvalue weighted by Gasteiger charge is 2.41. The van der Waals surface area contributed by atoms with Crippen molar-refractivity contribution in [2.24, 2.45) is 11.7 Å². The van der Waals surface area contributed by atoms with Gasteiger partial charge in [0.15, 0.2) is 0 Å². The molecule has 0 aliphatic rings. The fraction of sp³-hybridized carbons (Fsp3) is 0.800. The summed E-state index contributed by atoms with van der Waals surface area (Å²) in [6, 6.07) is 0. The molecule has 0 aromatic rings. The summed E-state index contributed by atoms with van der Waals surface area (Å²) < 4.78 is 40.0. The van der Waals surface area contributed by atoms with Gasteiger partial charge in [0.2, 0.25) is 0 Å². The normalized spacial score (nSPS) is 14.5. The fourth-order valence-electron chi connectivity index (χ4n) is 0.505. The summed E-state index contributed by atoms with van der Waals surface area (Å²) in [6.07, 6.45) is -4.40. The number of ether oxygens (including phenoxy) is 1. The van der Waals surface area contributed by atoms with Crippen molar-refractivity contribution in [3.63, 3.8) is 0 Å². The zero-order valence-corrected chi connectivity index (χ0v) is 6.63. The highest BCUT2D eigenvalue weighted by molar-refractivity contribution is 7.80. The van der Waals surface area contributed by atoms with E-state index in [2.05, 4.69) is 17.0 Å². The summed E-state index contributed by atoms with van der Waals surface area (Å²) in [7, 11) is 1.16. The van der Waals surface area contributed by atoms with Crippen molar-refractivity contribution in [3.8, 4) is 0 Å². The van der Waals surface area contributed by atoms with Crippen molar-refractivity contribution in [3.05, 3.63) is 0 Å². The van der Waals surface area contributed by atoms with Crippen LogP contribution in [0.2, 0.25) is 0 Å². The first-order valence-electron chi connectivity index (χ1n) is 2.74. The van der Waals surface area contributed by atoms with Crippen LogP contribution in [0.3, 0.4) is 0 Å². The van der Waals surface area contributed by atoms with E-state index in [9.17, 15) is 13.2 Å². The van der Waals surface area contributed by atoms with Crippen LogP contribution in [-0.4, -0.2) is 24.9 Å². The van der Waals surface area contributed by atoms with E-state index < -0.39 is 23.7 Å². The molecule has 11 heavy (non-hydrogen) atoms. The van der Waals surface area contributed by atoms with Gasteiger partial charge in [-0.25, -0.2) is 0 Å². The molecule has 0 aliphatic heterocycles. The average molecular weight is 187 g/mol. The van der Waals surface area contributed by atoms with Gasteiger partial charge in [0.25, 0.3) is 0 Å². The molecular formula is C5H8F3NOS. The second kappa shape index (κ2) is 3.87. The Bertz CT molecular complexity index is 147. The lowest BCUT2D eigenvalue weighted by atomic mass is 10.1. The Labute approximate surface area is 67.5 Å². The van der Waals surface area contributed by atoms with E-state index in [-0.39, 0.29) is 0 Å². The van der Waals surface area contributed by atoms with Gasteiger partial charge >= 0.3 is 6.18 Å². The molecule has 0 fully saturated rings. The third kappa shape index (κ3) is 3.52. The van der Waals surface area contributed by atoms with E-state index in [1.807, 2.05) is 0 Å². The van der Waals surface area contributed by atoms with Crippen molar-refractivity contribution in [1.82, 2.24) is 0 Å². The van der Waals surface area contributed by atoms with Crippen molar-refractivity contribution in [2.45, 2.75) is 6.18 Å². The minimum atomic E-state index is -4.40. The molecule has 0 saturated heterocycles. The number of methoxy groups -OCH3 is 1. The lowest BCUT2D eigenvalue weighted by Crippen LogP contribution is -2.37. The first kappa shape index (κ1) is 10.6. The van der Waals surface area contributed by atoms with Gasteiger partial charge in [-0.15, -0.1) is 0 Å². The number of alkyl halides is 3. The van der Waals surface area contributed by atoms with Crippen molar-refractivity contribution < 1.29 is 17.9 Å². The molecule has 0 bridgehead atoms. The van der Waals surface area contributed by atoms with Gasteiger partial charge in [0.05, 0.1) is 11.6 Å². The molecule has 1 atom stereocenters. The monoisotopic (exact) mass is 187 g/mol. The molecule has 0 saturated carbocycles. The molecule has 0 aromatic heterocycles. The SMILES string of the molecule is COCC(C(N)=S)C(F)(F)F. The van der Waals surface area contributed by atoms with Gasteiger partial charge in [-0.3, -0.25) is 0 Å². The number of thiocarbonyl (C=S) groups is 1. The Balaban J connectivity index is 4.22. The lowest BCUT2D eigenvalue weighted by molar-refractivity contribution is -0.165. The van der Waals surface area contributed by atoms with Gasteiger partial charge in [0, 0.05) is 7.11 Å². The summed E-state index contributed by atoms with van der Waals surface area (Å²) in [4.78, 5) is -0.584. The summed E-state index contributed by atoms with van der Waals surface area (Å²) in [5, 5.41) is 0. The fourth-order valence-corrected chi connectivity index (χ4v) is 0.706. The molecule has 0 heterocycles. The Hall–Kier alpha value is -0.360. The topological polar surface area (TPSA) is 35.2 Å². The van der Waals surface area contributed by atoms with Crippen LogP contribution in [0.5, 0.6) is 0 Å². The predicted octanol–water partition coefficient (Wildman–Crippen LogP) is 1.10. The van der Waals surface area contributed by atoms with Gasteiger partial charge in [-0.2, -0.15) is 13.2 Å². The minimum absolute atomic E-state index is 0.515. The average Bonchev–Trinajstić information content (AvgIpc) is 1.79. The number of hydrogen-bond acceptors (Lipinski definition) is 2. The highest BCUT2D eigenvalue weighted by Crippen LogP contribution is 2.26. The summed E-state index contributed by atoms with van der Waals surface area (Å²) in [6.45, 7) is -0.515. The highest BCUT2D eigenvalue weighted by atomic mass is 32.1. The zero-order valence-electron chi connectivity index (χ0n) is 5.81. The Morgan fingerprint density at radius 3 is 2.18 bits per heavy atom. The van der Waals surface area contributed by atoms with E-state index in [0.717, 1.165) is 7.11 Å². The molecular weight excluding hydrogens is 179 g/mol. The van der Waals surface area contributed by atoms with Crippen molar-refractivity contribution in [1.29, 1.82) is 0 Å². The van der Waals surface area contributed by atoms with Crippen LogP contribution >= 0.6 is 12.2 Å². The van der Waals surface area contributed by atoms with Crippen LogP contribution in [0.4, 0.5) is 13.2 Å². The molecule has 0 amide bonds. The number of rotatable bonds is 3. The maximum absolute atomic E-state index is 11.9. The number of halogens is 3. The van der Waals surface area contributed by atoms with E-state index in [1.165, 1.54) is 0 Å². The van der Waals surface area contributed by atoms with Gasteiger partial charge in [0.1, 0.15) is 5.92 Å². The van der Waals surface area contributed by atoms with Crippen molar-refractivity contribution >= 4 is 17.2 Å². The number of hydrogen-bond donors (Lipinski definition) is 1. The largest absolute Gasteiger partial charge is 0.400 e. The maximum Gasteiger partial charge on any atom is 0.400 e. The first-order valence-corrected chi connectivity index (χ1v) is 3.15. The van der Waals surface area contributed by atoms with E-state index in [4.69, 9.17) is 5.73 Å². The third-order valence-electron chi connectivity index (χ3n) is 1.07. The minimum Gasteiger partial charge on any atom is -0.393 e. The Morgan fingerprint density at radius 1 is 1.64 bits per heavy atom. The van der Waals surface area contributed by atoms with Crippen LogP contribution in [0.15, 0.2) is 0 Å². The van der Waals surface area contributed by atoms with Crippen LogP contribution in [0.1, 0.15) is 0 Å². The van der Waals surface area contributed by atoms with Crippen molar-refractivity contribution in [2.75, 3.05) is 13.7 Å². The Morgan fingerprint density at radius 2 is 2.09 bits per heavy atom. The van der Waals surface area contributed by atoms with Crippen LogP contribution in [0, 0.1) is 5.92 Å². The quantitative estimate of drug-likeness (QED) is 0.672. The molecule has 0 aromatic carbocycles. The third-order valence-corrected chi connectivity index (χ3v) is 1.36. The van der Waals surface area contributed by atoms with E-state index >= 15 is 0 Å². The van der Waals surface area contributed by atoms with E-state index in [0.29, 0.717) is 0 Å². The molecule has 1 unspecified atom stereocenters. The van der Waals surface area contributed by atoms with Gasteiger partial charge in [-0.05, 0) is 0 Å². The molecule has 0 spiro atoms. The second-order valence-corrected chi connectivity index (χ2v) is 2.42. The maximum atomic E-state index is 11.9. The molecule has 2 nitrogen and oxygen atoms in total. The van der Waals surface area contributed by atoms with E-state index in [1.54, 1.807) is 0 Å². The first-order chi connectivity index (χ1) is 4.89. The summed E-state index contributed by atoms with van der Waals surface area (Å²) >= 11 is 4.21. The molecule has 2 N–H and O–H groups in total. The molecule has 66 valence electrons. The van der Waals surface area contributed by atoms with Crippen LogP contribution < -0.4 is 5.73 Å². The Kier molecular flexibility index (Phi) is 3.74. The molecule has 0 aliphatic carbocycles. The molecule has 6 heteroatoms.